The maximum Gasteiger partial charge on any atom is 0.208 e. The van der Waals surface area contributed by atoms with Crippen LogP contribution < -0.4 is 0 Å². The average molecular weight is 228 g/mol. The number of hydrogen-bond donors (Lipinski definition) is 1. The first-order valence-electron chi connectivity index (χ1n) is 5.50. The number of nitrogens with zero attached hydrogens (tertiary/aromatic N) is 3. The third kappa shape index (κ3) is 4.66. The molecular weight excluding hydrogens is 208 g/mol. The van der Waals surface area contributed by atoms with Crippen LogP contribution in [-0.2, 0) is 0 Å². The predicted octanol–water partition coefficient (Wildman–Crippen LogP) is 1.94. The van der Waals surface area contributed by atoms with Crippen molar-refractivity contribution in [1.82, 2.24) is 20.1 Å². The summed E-state index contributed by atoms with van der Waals surface area (Å²) in [6.45, 7) is 9.78. The van der Waals surface area contributed by atoms with E-state index >= 15 is 0 Å². The zero-order chi connectivity index (χ0) is 11.1. The lowest BCUT2D eigenvalue weighted by Gasteiger charge is -2.16. The molecule has 1 aromatic heterocycles. The Morgan fingerprint density at radius 1 is 1.33 bits per heavy atom. The van der Waals surface area contributed by atoms with Crippen LogP contribution >= 0.6 is 11.8 Å². The average Bonchev–Trinajstić information content (AvgIpc) is 2.65. The van der Waals surface area contributed by atoms with Crippen molar-refractivity contribution in [2.24, 2.45) is 0 Å². The minimum Gasteiger partial charge on any atom is -0.304 e. The maximum absolute atomic E-state index is 4.25. The number of rotatable bonds is 7. The third-order valence-corrected chi connectivity index (χ3v) is 3.25. The summed E-state index contributed by atoms with van der Waals surface area (Å²) < 4.78 is 0. The van der Waals surface area contributed by atoms with Crippen LogP contribution in [0.25, 0.3) is 0 Å². The molecule has 86 valence electrons. The molecule has 1 N–H and O–H groups in total. The first kappa shape index (κ1) is 12.5. The SMILES string of the molecule is CCN(CC)CCCSc1n[nH]c(C)n1. The Bertz CT molecular complexity index is 270. The molecule has 0 aliphatic rings. The summed E-state index contributed by atoms with van der Waals surface area (Å²) in [5, 5.41) is 7.80. The Balaban J connectivity index is 2.11. The van der Waals surface area contributed by atoms with Crippen LogP contribution in [-0.4, -0.2) is 45.5 Å². The highest BCUT2D eigenvalue weighted by Gasteiger charge is 2.01. The Labute approximate surface area is 95.9 Å². The van der Waals surface area contributed by atoms with Gasteiger partial charge >= 0.3 is 0 Å². The van der Waals surface area contributed by atoms with Crippen molar-refractivity contribution in [3.63, 3.8) is 0 Å². The topological polar surface area (TPSA) is 44.8 Å². The van der Waals surface area contributed by atoms with Crippen molar-refractivity contribution in [3.8, 4) is 0 Å². The van der Waals surface area contributed by atoms with Crippen molar-refractivity contribution < 1.29 is 0 Å². The quantitative estimate of drug-likeness (QED) is 0.572. The molecule has 0 radical (unpaired) electrons. The summed E-state index contributed by atoms with van der Waals surface area (Å²) >= 11 is 1.72. The summed E-state index contributed by atoms with van der Waals surface area (Å²) in [4.78, 5) is 6.68. The Morgan fingerprint density at radius 2 is 2.07 bits per heavy atom. The molecule has 0 aromatic carbocycles. The van der Waals surface area contributed by atoms with Gasteiger partial charge in [-0.05, 0) is 33.0 Å². The van der Waals surface area contributed by atoms with Gasteiger partial charge in [-0.25, -0.2) is 4.98 Å². The molecule has 1 rings (SSSR count). The lowest BCUT2D eigenvalue weighted by molar-refractivity contribution is 0.305. The van der Waals surface area contributed by atoms with Crippen LogP contribution in [0.2, 0.25) is 0 Å². The summed E-state index contributed by atoms with van der Waals surface area (Å²) in [6.07, 6.45) is 1.19. The van der Waals surface area contributed by atoms with E-state index in [1.54, 1.807) is 11.8 Å². The van der Waals surface area contributed by atoms with Crippen molar-refractivity contribution in [3.05, 3.63) is 5.82 Å². The lowest BCUT2D eigenvalue weighted by Crippen LogP contribution is -2.24. The van der Waals surface area contributed by atoms with E-state index in [1.165, 1.54) is 13.0 Å². The highest BCUT2D eigenvalue weighted by molar-refractivity contribution is 7.99. The summed E-state index contributed by atoms with van der Waals surface area (Å²) in [5.74, 6) is 1.98. The van der Waals surface area contributed by atoms with Gasteiger partial charge in [-0.1, -0.05) is 25.6 Å². The normalized spacial score (nSPS) is 11.2. The fourth-order valence-corrected chi connectivity index (χ4v) is 2.15. The summed E-state index contributed by atoms with van der Waals surface area (Å²) in [6, 6.07) is 0. The van der Waals surface area contributed by atoms with E-state index < -0.39 is 0 Å². The molecule has 5 heteroatoms. The number of hydrogen-bond acceptors (Lipinski definition) is 4. The van der Waals surface area contributed by atoms with E-state index in [0.717, 1.165) is 29.8 Å². The van der Waals surface area contributed by atoms with E-state index in [-0.39, 0.29) is 0 Å². The van der Waals surface area contributed by atoms with Crippen molar-refractivity contribution in [1.29, 1.82) is 0 Å². The molecule has 15 heavy (non-hydrogen) atoms. The lowest BCUT2D eigenvalue weighted by atomic mass is 10.4. The first-order valence-corrected chi connectivity index (χ1v) is 6.49. The monoisotopic (exact) mass is 228 g/mol. The molecule has 0 saturated heterocycles. The number of H-pyrrole nitrogens is 1. The molecule has 0 unspecified atom stereocenters. The van der Waals surface area contributed by atoms with E-state index in [9.17, 15) is 0 Å². The minimum atomic E-state index is 0.868. The zero-order valence-electron chi connectivity index (χ0n) is 9.79. The van der Waals surface area contributed by atoms with Crippen LogP contribution in [0.1, 0.15) is 26.1 Å². The van der Waals surface area contributed by atoms with Gasteiger partial charge in [0.15, 0.2) is 0 Å². The number of thioether (sulfide) groups is 1. The maximum atomic E-state index is 4.25. The fraction of sp³-hybridized carbons (Fsp3) is 0.800. The molecule has 0 aliphatic heterocycles. The van der Waals surface area contributed by atoms with Gasteiger partial charge in [0.05, 0.1) is 0 Å². The van der Waals surface area contributed by atoms with E-state index in [2.05, 4.69) is 33.9 Å². The smallest absolute Gasteiger partial charge is 0.208 e. The first-order chi connectivity index (χ1) is 7.26. The number of aryl methyl sites for hydroxylation is 1. The second-order valence-corrected chi connectivity index (χ2v) is 4.49. The largest absolute Gasteiger partial charge is 0.304 e. The van der Waals surface area contributed by atoms with Crippen molar-refractivity contribution in [2.75, 3.05) is 25.4 Å². The fourth-order valence-electron chi connectivity index (χ4n) is 1.38. The molecule has 0 aliphatic carbocycles. The second kappa shape index (κ2) is 6.85. The Morgan fingerprint density at radius 3 is 2.60 bits per heavy atom. The van der Waals surface area contributed by atoms with Gasteiger partial charge in [0.25, 0.3) is 0 Å². The molecule has 0 fully saturated rings. The highest BCUT2D eigenvalue weighted by atomic mass is 32.2. The molecule has 0 amide bonds. The molecule has 4 nitrogen and oxygen atoms in total. The van der Waals surface area contributed by atoms with E-state index in [1.807, 2.05) is 6.92 Å². The van der Waals surface area contributed by atoms with Gasteiger partial charge in [-0.3, -0.25) is 5.10 Å². The van der Waals surface area contributed by atoms with Gasteiger partial charge in [-0.15, -0.1) is 5.10 Å². The van der Waals surface area contributed by atoms with Crippen molar-refractivity contribution >= 4 is 11.8 Å². The van der Waals surface area contributed by atoms with Crippen LogP contribution in [0.5, 0.6) is 0 Å². The minimum absolute atomic E-state index is 0.868. The van der Waals surface area contributed by atoms with Gasteiger partial charge in [0.2, 0.25) is 5.16 Å². The molecule has 0 spiro atoms. The molecular formula is C10H20N4S. The van der Waals surface area contributed by atoms with Gasteiger partial charge in [0, 0.05) is 5.75 Å². The van der Waals surface area contributed by atoms with Crippen LogP contribution in [0.15, 0.2) is 5.16 Å². The number of nitrogens with one attached hydrogen (secondary N) is 1. The highest BCUT2D eigenvalue weighted by Crippen LogP contribution is 2.13. The second-order valence-electron chi connectivity index (χ2n) is 3.43. The standard InChI is InChI=1S/C10H20N4S/c1-4-14(5-2)7-6-8-15-10-11-9(3)12-13-10/h4-8H2,1-3H3,(H,11,12,13). The Hall–Kier alpha value is -0.550. The van der Waals surface area contributed by atoms with Gasteiger partial charge in [-0.2, -0.15) is 0 Å². The Kier molecular flexibility index (Phi) is 5.71. The predicted molar refractivity (Wildman–Crippen MR) is 64.2 cm³/mol. The van der Waals surface area contributed by atoms with Crippen LogP contribution in [0, 0.1) is 6.92 Å². The summed E-state index contributed by atoms with van der Waals surface area (Å²) in [5.41, 5.74) is 0. The van der Waals surface area contributed by atoms with Crippen LogP contribution in [0.3, 0.4) is 0 Å². The van der Waals surface area contributed by atoms with Crippen LogP contribution in [0.4, 0.5) is 0 Å². The number of aromatic nitrogens is 3. The molecule has 0 saturated carbocycles. The van der Waals surface area contributed by atoms with Gasteiger partial charge < -0.3 is 4.90 Å². The van der Waals surface area contributed by atoms with Gasteiger partial charge in [0.1, 0.15) is 5.82 Å². The summed E-state index contributed by atoms with van der Waals surface area (Å²) in [7, 11) is 0. The molecule has 1 heterocycles. The molecule has 0 bridgehead atoms. The third-order valence-electron chi connectivity index (χ3n) is 2.32. The molecule has 0 atom stereocenters. The van der Waals surface area contributed by atoms with E-state index in [4.69, 9.17) is 0 Å². The zero-order valence-corrected chi connectivity index (χ0v) is 10.6. The van der Waals surface area contributed by atoms with Crippen molar-refractivity contribution in [2.45, 2.75) is 32.3 Å². The van der Waals surface area contributed by atoms with E-state index in [0.29, 0.717) is 0 Å². The molecule has 1 aromatic rings. The number of aromatic amines is 1.